The molecule has 0 unspecified atom stereocenters. The van der Waals surface area contributed by atoms with Crippen LogP contribution in [0.2, 0.25) is 5.02 Å². The standard InChI is InChI=1S/C32H30ClN5O4S/c1-22-6-8-24(9-7-22)32-30(37-20-26(10-13-31(37)34-32)25-5-3-4-23(2)18-25)21-35-14-16-36(17-15-35)43(41,42)27-11-12-28(33)29(19-27)38(39)40/h3-13,18-20H,14-17,21H2,1-2H3. The molecule has 2 aromatic heterocycles. The Balaban J connectivity index is 1.30. The lowest BCUT2D eigenvalue weighted by Gasteiger charge is -2.34. The van der Waals surface area contributed by atoms with Gasteiger partial charge in [-0.1, -0.05) is 71.3 Å². The van der Waals surface area contributed by atoms with Gasteiger partial charge in [0.1, 0.15) is 10.7 Å². The Kier molecular flexibility index (Phi) is 7.78. The summed E-state index contributed by atoms with van der Waals surface area (Å²) in [5, 5.41) is 11.2. The summed E-state index contributed by atoms with van der Waals surface area (Å²) in [6.07, 6.45) is 2.12. The molecular weight excluding hydrogens is 586 g/mol. The van der Waals surface area contributed by atoms with Gasteiger partial charge >= 0.3 is 0 Å². The Labute approximate surface area is 255 Å². The predicted octanol–water partition coefficient (Wildman–Crippen LogP) is 6.35. The van der Waals surface area contributed by atoms with Crippen LogP contribution in [0, 0.1) is 24.0 Å². The lowest BCUT2D eigenvalue weighted by Crippen LogP contribution is -2.48. The van der Waals surface area contributed by atoms with Gasteiger partial charge < -0.3 is 4.40 Å². The zero-order valence-corrected chi connectivity index (χ0v) is 25.3. The highest BCUT2D eigenvalue weighted by Gasteiger charge is 2.31. The van der Waals surface area contributed by atoms with E-state index in [-0.39, 0.29) is 23.0 Å². The number of fused-ring (bicyclic) bond motifs is 1. The summed E-state index contributed by atoms with van der Waals surface area (Å²) in [6.45, 7) is 6.20. The van der Waals surface area contributed by atoms with Crippen LogP contribution in [0.25, 0.3) is 28.0 Å². The summed E-state index contributed by atoms with van der Waals surface area (Å²) in [5.41, 5.74) is 7.91. The van der Waals surface area contributed by atoms with Crippen molar-refractivity contribution in [2.24, 2.45) is 0 Å². The van der Waals surface area contributed by atoms with E-state index >= 15 is 0 Å². The zero-order chi connectivity index (χ0) is 30.3. The summed E-state index contributed by atoms with van der Waals surface area (Å²) in [7, 11) is -3.92. The second kappa shape index (κ2) is 11.5. The fraction of sp³-hybridized carbons (Fsp3) is 0.219. The maximum atomic E-state index is 13.4. The molecule has 1 saturated heterocycles. The molecule has 11 heteroatoms. The normalized spacial score (nSPS) is 14.8. The van der Waals surface area contributed by atoms with Gasteiger partial charge in [-0.3, -0.25) is 15.0 Å². The van der Waals surface area contributed by atoms with E-state index in [4.69, 9.17) is 16.6 Å². The van der Waals surface area contributed by atoms with Crippen molar-refractivity contribution in [1.29, 1.82) is 0 Å². The number of imidazole rings is 1. The number of piperazine rings is 1. The maximum absolute atomic E-state index is 13.4. The Morgan fingerprint density at radius 1 is 0.860 bits per heavy atom. The molecule has 9 nitrogen and oxygen atoms in total. The number of nitrogens with zero attached hydrogens (tertiary/aromatic N) is 5. The molecule has 220 valence electrons. The Morgan fingerprint density at radius 3 is 2.28 bits per heavy atom. The van der Waals surface area contributed by atoms with Crippen LogP contribution in [0.1, 0.15) is 16.8 Å². The molecule has 3 heterocycles. The van der Waals surface area contributed by atoms with Crippen molar-refractivity contribution in [3.05, 3.63) is 117 Å². The van der Waals surface area contributed by atoms with Crippen LogP contribution in [-0.2, 0) is 16.6 Å². The summed E-state index contributed by atoms with van der Waals surface area (Å²) in [5.74, 6) is 0. The van der Waals surface area contributed by atoms with Gasteiger partial charge in [-0.05, 0) is 49.2 Å². The largest absolute Gasteiger partial charge is 0.301 e. The fourth-order valence-corrected chi connectivity index (χ4v) is 7.09. The van der Waals surface area contributed by atoms with Crippen LogP contribution < -0.4 is 0 Å². The SMILES string of the molecule is Cc1ccc(-c2nc3ccc(-c4cccc(C)c4)cn3c2CN2CCN(S(=O)(=O)c3ccc(Cl)c([N+](=O)[O-])c3)CC2)cc1. The van der Waals surface area contributed by atoms with Crippen molar-refractivity contribution >= 4 is 33.0 Å². The highest BCUT2D eigenvalue weighted by molar-refractivity contribution is 7.89. The molecule has 0 atom stereocenters. The molecule has 5 aromatic rings. The minimum absolute atomic E-state index is 0.100. The first-order chi connectivity index (χ1) is 20.6. The first-order valence-electron chi connectivity index (χ1n) is 13.9. The Hall–Kier alpha value is -4.09. The molecule has 1 aliphatic rings. The predicted molar refractivity (Wildman–Crippen MR) is 168 cm³/mol. The number of nitro groups is 1. The van der Waals surface area contributed by atoms with Crippen LogP contribution in [0.5, 0.6) is 0 Å². The first kappa shape index (κ1) is 29.0. The van der Waals surface area contributed by atoms with Crippen LogP contribution in [0.4, 0.5) is 5.69 Å². The summed E-state index contributed by atoms with van der Waals surface area (Å²) in [4.78, 5) is 17.8. The van der Waals surface area contributed by atoms with Crippen molar-refractivity contribution < 1.29 is 13.3 Å². The third kappa shape index (κ3) is 5.79. The highest BCUT2D eigenvalue weighted by Crippen LogP contribution is 2.31. The molecule has 0 spiro atoms. The maximum Gasteiger partial charge on any atom is 0.289 e. The number of benzene rings is 3. The molecule has 0 bridgehead atoms. The van der Waals surface area contributed by atoms with Crippen molar-refractivity contribution in [2.75, 3.05) is 26.2 Å². The van der Waals surface area contributed by atoms with Gasteiger partial charge in [-0.25, -0.2) is 13.4 Å². The van der Waals surface area contributed by atoms with E-state index in [2.05, 4.69) is 83.9 Å². The smallest absolute Gasteiger partial charge is 0.289 e. The van der Waals surface area contributed by atoms with Gasteiger partial charge in [0.25, 0.3) is 5.69 Å². The first-order valence-corrected chi connectivity index (χ1v) is 15.7. The summed E-state index contributed by atoms with van der Waals surface area (Å²) < 4.78 is 30.2. The van der Waals surface area contributed by atoms with E-state index in [9.17, 15) is 18.5 Å². The minimum Gasteiger partial charge on any atom is -0.301 e. The molecular formula is C32H30ClN5O4S. The quantitative estimate of drug-likeness (QED) is 0.156. The molecule has 0 N–H and O–H groups in total. The van der Waals surface area contributed by atoms with Crippen molar-refractivity contribution in [2.45, 2.75) is 25.3 Å². The third-order valence-corrected chi connectivity index (χ3v) is 10.1. The van der Waals surface area contributed by atoms with Crippen LogP contribution in [0.15, 0.2) is 90.0 Å². The van der Waals surface area contributed by atoms with E-state index in [1.807, 2.05) is 6.07 Å². The van der Waals surface area contributed by atoms with Crippen molar-refractivity contribution in [1.82, 2.24) is 18.6 Å². The molecule has 0 saturated carbocycles. The van der Waals surface area contributed by atoms with Crippen molar-refractivity contribution in [3.63, 3.8) is 0 Å². The van der Waals surface area contributed by atoms with Gasteiger partial charge in [0.05, 0.1) is 21.2 Å². The van der Waals surface area contributed by atoms with Gasteiger partial charge in [0.2, 0.25) is 10.0 Å². The second-order valence-corrected chi connectivity index (χ2v) is 13.2. The number of sulfonamides is 1. The van der Waals surface area contributed by atoms with E-state index in [1.165, 1.54) is 27.6 Å². The van der Waals surface area contributed by atoms with Gasteiger partial charge in [-0.2, -0.15) is 4.31 Å². The van der Waals surface area contributed by atoms with E-state index in [0.717, 1.165) is 39.8 Å². The summed E-state index contributed by atoms with van der Waals surface area (Å²) in [6, 6.07) is 24.4. The second-order valence-electron chi connectivity index (χ2n) is 10.8. The van der Waals surface area contributed by atoms with Gasteiger partial charge in [0, 0.05) is 50.6 Å². The number of pyridine rings is 1. The molecule has 6 rings (SSSR count). The number of nitro benzene ring substituents is 1. The van der Waals surface area contributed by atoms with E-state index in [0.29, 0.717) is 19.6 Å². The Morgan fingerprint density at radius 2 is 1.58 bits per heavy atom. The number of halogens is 1. The van der Waals surface area contributed by atoms with Gasteiger partial charge in [-0.15, -0.1) is 0 Å². The van der Waals surface area contributed by atoms with E-state index in [1.54, 1.807) is 0 Å². The molecule has 0 amide bonds. The third-order valence-electron chi connectivity index (χ3n) is 7.85. The highest BCUT2D eigenvalue weighted by atomic mass is 35.5. The number of rotatable bonds is 7. The van der Waals surface area contributed by atoms with Crippen molar-refractivity contribution in [3.8, 4) is 22.4 Å². The molecule has 43 heavy (non-hydrogen) atoms. The van der Waals surface area contributed by atoms with E-state index < -0.39 is 20.6 Å². The molecule has 0 radical (unpaired) electrons. The van der Waals surface area contributed by atoms with Crippen LogP contribution >= 0.6 is 11.6 Å². The number of hydrogen-bond donors (Lipinski definition) is 0. The molecule has 1 aliphatic heterocycles. The lowest BCUT2D eigenvalue weighted by molar-refractivity contribution is -0.384. The zero-order valence-electron chi connectivity index (χ0n) is 23.8. The van der Waals surface area contributed by atoms with Crippen LogP contribution in [-0.4, -0.2) is 58.1 Å². The molecule has 0 aliphatic carbocycles. The Bertz CT molecular complexity index is 1950. The molecule has 1 fully saturated rings. The number of aryl methyl sites for hydroxylation is 2. The average molecular weight is 616 g/mol. The topological polar surface area (TPSA) is 101 Å². The van der Waals surface area contributed by atoms with Crippen LogP contribution in [0.3, 0.4) is 0 Å². The van der Waals surface area contributed by atoms with Gasteiger partial charge in [0.15, 0.2) is 0 Å². The number of hydrogen-bond acceptors (Lipinski definition) is 6. The fourth-order valence-electron chi connectivity index (χ4n) is 5.46. The molecule has 3 aromatic carbocycles. The monoisotopic (exact) mass is 615 g/mol. The minimum atomic E-state index is -3.92. The average Bonchev–Trinajstić information content (AvgIpc) is 3.35. The lowest BCUT2D eigenvalue weighted by atomic mass is 10.1. The summed E-state index contributed by atoms with van der Waals surface area (Å²) >= 11 is 5.91. The number of aromatic nitrogens is 2.